The van der Waals surface area contributed by atoms with Gasteiger partial charge in [-0.25, -0.2) is 9.37 Å². The molecule has 1 aromatic heterocycles. The summed E-state index contributed by atoms with van der Waals surface area (Å²) in [5.41, 5.74) is 1.72. The summed E-state index contributed by atoms with van der Waals surface area (Å²) in [7, 11) is 0. The van der Waals surface area contributed by atoms with Crippen LogP contribution < -0.4 is 10.9 Å². The van der Waals surface area contributed by atoms with Crippen LogP contribution in [0, 0.1) is 19.7 Å². The molecule has 6 heteroatoms. The van der Waals surface area contributed by atoms with Crippen LogP contribution in [0.25, 0.3) is 0 Å². The molecule has 1 amide bonds. The Morgan fingerprint density at radius 2 is 2.04 bits per heavy atom. The number of nitrogens with one attached hydrogen (secondary N) is 2. The van der Waals surface area contributed by atoms with Crippen molar-refractivity contribution in [2.75, 3.05) is 0 Å². The molecule has 2 aromatic rings. The summed E-state index contributed by atoms with van der Waals surface area (Å²) in [5.74, 6) is 0.292. The van der Waals surface area contributed by atoms with Crippen molar-refractivity contribution in [2.45, 2.75) is 38.6 Å². The van der Waals surface area contributed by atoms with Gasteiger partial charge in [-0.3, -0.25) is 9.59 Å². The molecule has 120 valence electrons. The molecule has 0 saturated heterocycles. The van der Waals surface area contributed by atoms with E-state index in [9.17, 15) is 14.0 Å². The summed E-state index contributed by atoms with van der Waals surface area (Å²) < 4.78 is 12.9. The number of aromatic amines is 1. The fourth-order valence-electron chi connectivity index (χ4n) is 2.81. The molecular weight excluding hydrogens is 297 g/mol. The van der Waals surface area contributed by atoms with Crippen molar-refractivity contribution in [1.82, 2.24) is 15.3 Å². The zero-order valence-corrected chi connectivity index (χ0v) is 13.0. The third-order valence-corrected chi connectivity index (χ3v) is 4.11. The van der Waals surface area contributed by atoms with Crippen molar-refractivity contribution in [3.8, 4) is 0 Å². The van der Waals surface area contributed by atoms with Crippen LogP contribution in [0.2, 0.25) is 0 Å². The summed E-state index contributed by atoms with van der Waals surface area (Å²) in [5, 5.41) is 2.92. The predicted octanol–water partition coefficient (Wildman–Crippen LogP) is 1.74. The van der Waals surface area contributed by atoms with Crippen LogP contribution in [0.5, 0.6) is 0 Å². The van der Waals surface area contributed by atoms with Crippen LogP contribution in [0.15, 0.2) is 29.1 Å². The smallest absolute Gasteiger partial charge is 0.254 e. The minimum absolute atomic E-state index is 0.0150. The lowest BCUT2D eigenvalue weighted by atomic mass is 10.1. The Kier molecular flexibility index (Phi) is 3.98. The fraction of sp³-hybridized carbons (Fsp3) is 0.353. The van der Waals surface area contributed by atoms with Gasteiger partial charge in [0.2, 0.25) is 5.91 Å². The van der Waals surface area contributed by atoms with E-state index in [2.05, 4.69) is 15.3 Å². The second kappa shape index (κ2) is 5.95. The third kappa shape index (κ3) is 3.47. The molecular formula is C17H18FN3O2. The van der Waals surface area contributed by atoms with Crippen LogP contribution in [0.1, 0.15) is 35.0 Å². The lowest BCUT2D eigenvalue weighted by Crippen LogP contribution is -2.31. The Balaban J connectivity index is 1.61. The lowest BCUT2D eigenvalue weighted by molar-refractivity contribution is -0.120. The van der Waals surface area contributed by atoms with Gasteiger partial charge in [-0.2, -0.15) is 0 Å². The van der Waals surface area contributed by atoms with E-state index in [0.29, 0.717) is 17.1 Å². The number of aryl methyl sites for hydroxylation is 2. The Labute approximate surface area is 133 Å². The number of rotatable bonds is 4. The molecule has 2 atom stereocenters. The predicted molar refractivity (Wildman–Crippen MR) is 83.7 cm³/mol. The second-order valence-electron chi connectivity index (χ2n) is 5.96. The number of halogens is 1. The molecule has 1 aliphatic carbocycles. The first-order chi connectivity index (χ1) is 10.9. The van der Waals surface area contributed by atoms with Crippen LogP contribution in [-0.2, 0) is 11.2 Å². The first-order valence-corrected chi connectivity index (χ1v) is 7.55. The highest BCUT2D eigenvalue weighted by molar-refractivity contribution is 5.79. The maximum atomic E-state index is 12.9. The van der Waals surface area contributed by atoms with Crippen LogP contribution >= 0.6 is 0 Å². The summed E-state index contributed by atoms with van der Waals surface area (Å²) in [6.45, 7) is 3.43. The van der Waals surface area contributed by atoms with Gasteiger partial charge in [0.25, 0.3) is 5.56 Å². The average molecular weight is 315 g/mol. The molecule has 0 aliphatic heterocycles. The number of nitrogens with zero attached hydrogens (tertiary/aromatic N) is 1. The number of benzene rings is 1. The molecule has 0 radical (unpaired) electrons. The zero-order chi connectivity index (χ0) is 16.6. The lowest BCUT2D eigenvalue weighted by Gasteiger charge is -2.07. The van der Waals surface area contributed by atoms with Gasteiger partial charge in [-0.1, -0.05) is 12.1 Å². The van der Waals surface area contributed by atoms with Gasteiger partial charge < -0.3 is 10.3 Å². The Morgan fingerprint density at radius 3 is 2.70 bits per heavy atom. The zero-order valence-electron chi connectivity index (χ0n) is 13.0. The van der Waals surface area contributed by atoms with Crippen molar-refractivity contribution in [2.24, 2.45) is 0 Å². The van der Waals surface area contributed by atoms with Crippen molar-refractivity contribution < 1.29 is 9.18 Å². The van der Waals surface area contributed by atoms with E-state index in [1.807, 2.05) is 0 Å². The summed E-state index contributed by atoms with van der Waals surface area (Å²) in [4.78, 5) is 30.8. The van der Waals surface area contributed by atoms with Crippen molar-refractivity contribution >= 4 is 5.91 Å². The molecule has 1 fully saturated rings. The minimum Gasteiger partial charge on any atom is -0.352 e. The first-order valence-electron chi connectivity index (χ1n) is 7.55. The number of carbonyl (C=O) groups excluding carboxylic acids is 1. The van der Waals surface area contributed by atoms with E-state index in [0.717, 1.165) is 12.0 Å². The molecule has 1 saturated carbocycles. The van der Waals surface area contributed by atoms with E-state index < -0.39 is 0 Å². The van der Waals surface area contributed by atoms with Gasteiger partial charge in [-0.15, -0.1) is 0 Å². The minimum atomic E-state index is -0.268. The van der Waals surface area contributed by atoms with Crippen LogP contribution in [0.4, 0.5) is 4.39 Å². The fourth-order valence-corrected chi connectivity index (χ4v) is 2.81. The number of hydrogen-bond acceptors (Lipinski definition) is 3. The normalized spacial score (nSPS) is 19.4. The van der Waals surface area contributed by atoms with Crippen LogP contribution in [-0.4, -0.2) is 21.9 Å². The molecule has 3 rings (SSSR count). The monoisotopic (exact) mass is 315 g/mol. The van der Waals surface area contributed by atoms with Gasteiger partial charge in [0, 0.05) is 23.2 Å². The number of amides is 1. The van der Waals surface area contributed by atoms with E-state index in [-0.39, 0.29) is 35.7 Å². The molecule has 5 nitrogen and oxygen atoms in total. The van der Waals surface area contributed by atoms with Crippen LogP contribution in [0.3, 0.4) is 0 Å². The van der Waals surface area contributed by atoms with Crippen molar-refractivity contribution in [3.05, 3.63) is 63.1 Å². The molecule has 0 unspecified atom stereocenters. The quantitative estimate of drug-likeness (QED) is 0.902. The first kappa shape index (κ1) is 15.4. The Bertz CT molecular complexity index is 798. The maximum Gasteiger partial charge on any atom is 0.254 e. The van der Waals surface area contributed by atoms with Gasteiger partial charge in [-0.05, 0) is 38.0 Å². The molecule has 0 spiro atoms. The van der Waals surface area contributed by atoms with Gasteiger partial charge >= 0.3 is 0 Å². The molecule has 23 heavy (non-hydrogen) atoms. The van der Waals surface area contributed by atoms with Gasteiger partial charge in [0.1, 0.15) is 11.6 Å². The maximum absolute atomic E-state index is 12.9. The molecule has 1 heterocycles. The van der Waals surface area contributed by atoms with Crippen molar-refractivity contribution in [3.63, 3.8) is 0 Å². The number of hydrogen-bond donors (Lipinski definition) is 2. The highest BCUT2D eigenvalue weighted by Crippen LogP contribution is 2.40. The molecule has 2 N–H and O–H groups in total. The number of carbonyl (C=O) groups is 1. The Morgan fingerprint density at radius 1 is 1.35 bits per heavy atom. The summed E-state index contributed by atoms with van der Waals surface area (Å²) in [6, 6.07) is 6.38. The van der Waals surface area contributed by atoms with Gasteiger partial charge in [0.05, 0.1) is 6.42 Å². The standard InChI is InChI=1S/C17H18FN3O2/c1-9-13(17(23)20-10(2)19-9)8-16(22)21-15-7-14(15)11-3-5-12(18)6-4-11/h3-6,14-15H,7-8H2,1-2H3,(H,21,22)(H,19,20,23)/t14-,15+/m0/s1. The number of H-pyrrole nitrogens is 1. The highest BCUT2D eigenvalue weighted by Gasteiger charge is 2.39. The molecule has 1 aromatic carbocycles. The van der Waals surface area contributed by atoms with E-state index in [1.54, 1.807) is 26.0 Å². The van der Waals surface area contributed by atoms with Gasteiger partial charge in [0.15, 0.2) is 0 Å². The van der Waals surface area contributed by atoms with E-state index >= 15 is 0 Å². The highest BCUT2D eigenvalue weighted by atomic mass is 19.1. The second-order valence-corrected chi connectivity index (χ2v) is 5.96. The average Bonchev–Trinajstić information content (AvgIpc) is 3.22. The summed E-state index contributed by atoms with van der Waals surface area (Å²) >= 11 is 0. The van der Waals surface area contributed by atoms with E-state index in [4.69, 9.17) is 0 Å². The third-order valence-electron chi connectivity index (χ3n) is 4.11. The SMILES string of the molecule is Cc1nc(C)c(CC(=O)N[C@@H]2C[C@H]2c2ccc(F)cc2)c(=O)[nH]1. The molecule has 1 aliphatic rings. The van der Waals surface area contributed by atoms with Crippen molar-refractivity contribution in [1.29, 1.82) is 0 Å². The largest absolute Gasteiger partial charge is 0.352 e. The number of aromatic nitrogens is 2. The topological polar surface area (TPSA) is 74.8 Å². The Hall–Kier alpha value is -2.50. The van der Waals surface area contributed by atoms with E-state index in [1.165, 1.54) is 12.1 Å². The summed E-state index contributed by atoms with van der Waals surface area (Å²) in [6.07, 6.45) is 0.847. The molecule has 0 bridgehead atoms.